The summed E-state index contributed by atoms with van der Waals surface area (Å²) in [6.45, 7) is 11.4. The third-order valence-electron chi connectivity index (χ3n) is 9.16. The summed E-state index contributed by atoms with van der Waals surface area (Å²) in [7, 11) is 0. The fourth-order valence-corrected chi connectivity index (χ4v) is 7.51. The molecule has 2 unspecified atom stereocenters. The molecule has 2 heterocycles. The number of carbonyl (C=O) groups excluding carboxylic acids is 3. The average Bonchev–Trinajstić information content (AvgIpc) is 3.33. The average molecular weight is 798 g/mol. The van der Waals surface area contributed by atoms with Crippen molar-refractivity contribution in [3.63, 3.8) is 0 Å². The molecule has 2 bridgehead atoms. The van der Waals surface area contributed by atoms with Crippen LogP contribution < -0.4 is 10.6 Å². The Hall–Kier alpha value is -4.59. The van der Waals surface area contributed by atoms with Crippen LogP contribution in [0.25, 0.3) is 12.2 Å². The molecule has 11 nitrogen and oxygen atoms in total. The van der Waals surface area contributed by atoms with Crippen molar-refractivity contribution in [2.75, 3.05) is 23.7 Å². The van der Waals surface area contributed by atoms with E-state index in [0.29, 0.717) is 38.7 Å². The monoisotopic (exact) mass is 796 g/mol. The molecule has 3 aromatic rings. The van der Waals surface area contributed by atoms with Gasteiger partial charge in [-0.3, -0.25) is 19.3 Å². The molecule has 3 amide bonds. The summed E-state index contributed by atoms with van der Waals surface area (Å²) in [6.07, 6.45) is 7.38. The SMILES string of the molecule is CC(=O)Nc1cc(Cl)c(C(C)(C)O)cc1/C=C/C(=O)N1C2CCC1CN(Cc1ccc(F)cc1)C2.CC(=O)Nc1cc(Cl)c(C(C)(C)O)cc1/C=C/C(=O)O. The van der Waals surface area contributed by atoms with Gasteiger partial charge in [-0.15, -0.1) is 0 Å². The molecular weight excluding hydrogens is 750 g/mol. The first-order valence-electron chi connectivity index (χ1n) is 17.7. The number of hydrogen-bond donors (Lipinski definition) is 5. The van der Waals surface area contributed by atoms with Gasteiger partial charge in [-0.1, -0.05) is 35.3 Å². The predicted molar refractivity (Wildman–Crippen MR) is 213 cm³/mol. The number of halogens is 3. The Balaban J connectivity index is 0.000000287. The van der Waals surface area contributed by atoms with Crippen LogP contribution in [0.15, 0.2) is 60.7 Å². The Kier molecular flexibility index (Phi) is 14.0. The number of likely N-dealkylation sites (tertiary alicyclic amines) is 1. The molecular formula is C41H47Cl2FN4O7. The predicted octanol–water partition coefficient (Wildman–Crippen LogP) is 7.18. The molecule has 2 fully saturated rings. The maximum Gasteiger partial charge on any atom is 0.328 e. The van der Waals surface area contributed by atoms with Crippen LogP contribution in [0, 0.1) is 5.82 Å². The minimum absolute atomic E-state index is 0.0764. The standard InChI is InChI=1S/C27H31ClFN3O3.C14H16ClNO4/c1-17(33)30-25-13-24(28)23(27(2,3)35)12-19(25)6-11-26(34)32-21-9-10-22(32)16-31(15-21)14-18-4-7-20(29)8-5-18;1-8(17)16-12-7-11(15)10(14(2,3)20)6-9(12)4-5-13(18)19/h4-8,11-13,21-22,35H,9-10,14-16H2,1-3H3,(H,30,33);4-7,20H,1-3H3,(H,16,17)(H,18,19)/b11-6+;5-4+. The van der Waals surface area contributed by atoms with Crippen LogP contribution in [0.5, 0.6) is 0 Å². The number of benzene rings is 3. The van der Waals surface area contributed by atoms with Gasteiger partial charge in [0.25, 0.3) is 0 Å². The minimum Gasteiger partial charge on any atom is -0.478 e. The quantitative estimate of drug-likeness (QED) is 0.135. The summed E-state index contributed by atoms with van der Waals surface area (Å²) in [5.74, 6) is -1.99. The van der Waals surface area contributed by atoms with Crippen LogP contribution in [0.4, 0.5) is 15.8 Å². The molecule has 0 spiro atoms. The normalized spacial score (nSPS) is 17.3. The van der Waals surface area contributed by atoms with Crippen LogP contribution in [-0.4, -0.2) is 74.0 Å². The topological polar surface area (TPSA) is 160 Å². The number of nitrogens with one attached hydrogen (secondary N) is 2. The van der Waals surface area contributed by atoms with E-state index in [9.17, 15) is 33.8 Å². The van der Waals surface area contributed by atoms with Gasteiger partial charge in [0.05, 0.1) is 11.2 Å². The second-order valence-electron chi connectivity index (χ2n) is 14.8. The molecule has 294 valence electrons. The van der Waals surface area contributed by atoms with E-state index in [1.165, 1.54) is 44.2 Å². The lowest BCUT2D eigenvalue weighted by Gasteiger charge is -2.40. The highest BCUT2D eigenvalue weighted by atomic mass is 35.5. The molecule has 3 aromatic carbocycles. The Morgan fingerprint density at radius 2 is 1.22 bits per heavy atom. The molecule has 2 saturated heterocycles. The molecule has 2 aliphatic heterocycles. The number of nitrogens with zero attached hydrogens (tertiary/aromatic N) is 2. The highest BCUT2D eigenvalue weighted by Gasteiger charge is 2.41. The van der Waals surface area contributed by atoms with Gasteiger partial charge >= 0.3 is 5.97 Å². The van der Waals surface area contributed by atoms with Crippen molar-refractivity contribution in [2.24, 2.45) is 0 Å². The van der Waals surface area contributed by atoms with E-state index in [4.69, 9.17) is 28.3 Å². The number of carboxylic acids is 1. The Bertz CT molecular complexity index is 1970. The van der Waals surface area contributed by atoms with Gasteiger partial charge in [0, 0.05) is 90.3 Å². The molecule has 0 aromatic heterocycles. The zero-order valence-corrected chi connectivity index (χ0v) is 33.1. The number of rotatable bonds is 10. The first-order valence-corrected chi connectivity index (χ1v) is 18.4. The smallest absolute Gasteiger partial charge is 0.328 e. The van der Waals surface area contributed by atoms with Gasteiger partial charge in [-0.2, -0.15) is 0 Å². The van der Waals surface area contributed by atoms with E-state index < -0.39 is 17.2 Å². The first-order chi connectivity index (χ1) is 25.6. The number of aliphatic carboxylic acids is 1. The minimum atomic E-state index is -1.18. The largest absolute Gasteiger partial charge is 0.478 e. The molecule has 14 heteroatoms. The number of fused-ring (bicyclic) bond motifs is 2. The van der Waals surface area contributed by atoms with Crippen LogP contribution in [0.3, 0.4) is 0 Å². The van der Waals surface area contributed by atoms with Crippen molar-refractivity contribution in [3.8, 4) is 0 Å². The maximum atomic E-state index is 13.2. The summed E-state index contributed by atoms with van der Waals surface area (Å²) < 4.78 is 13.2. The molecule has 55 heavy (non-hydrogen) atoms. The lowest BCUT2D eigenvalue weighted by Crippen LogP contribution is -2.55. The van der Waals surface area contributed by atoms with Gasteiger partial charge < -0.3 is 30.9 Å². The van der Waals surface area contributed by atoms with Crippen molar-refractivity contribution in [3.05, 3.63) is 104 Å². The van der Waals surface area contributed by atoms with Crippen LogP contribution in [0.1, 0.15) is 82.2 Å². The molecule has 5 N–H and O–H groups in total. The number of anilines is 2. The zero-order chi connectivity index (χ0) is 40.8. The number of carbonyl (C=O) groups is 4. The molecule has 2 aliphatic rings. The third kappa shape index (κ3) is 11.9. The Morgan fingerprint density at radius 1 is 0.782 bits per heavy atom. The van der Waals surface area contributed by atoms with E-state index in [1.54, 1.807) is 64.1 Å². The van der Waals surface area contributed by atoms with Crippen molar-refractivity contribution in [1.82, 2.24) is 9.80 Å². The second-order valence-corrected chi connectivity index (χ2v) is 15.6. The van der Waals surface area contributed by atoms with Gasteiger partial charge in [0.2, 0.25) is 17.7 Å². The highest BCUT2D eigenvalue weighted by Crippen LogP contribution is 2.36. The van der Waals surface area contributed by atoms with Crippen molar-refractivity contribution < 1.29 is 38.9 Å². The number of carboxylic acid groups (broad SMARTS) is 1. The number of amides is 3. The van der Waals surface area contributed by atoms with E-state index in [-0.39, 0.29) is 40.6 Å². The summed E-state index contributed by atoms with van der Waals surface area (Å²) in [6, 6.07) is 13.1. The zero-order valence-electron chi connectivity index (χ0n) is 31.6. The highest BCUT2D eigenvalue weighted by molar-refractivity contribution is 6.32. The van der Waals surface area contributed by atoms with Gasteiger partial charge in [0.1, 0.15) is 5.82 Å². The fraction of sp³-hybridized carbons (Fsp3) is 0.366. The summed E-state index contributed by atoms with van der Waals surface area (Å²) in [4.78, 5) is 51.0. The number of hydrogen-bond acceptors (Lipinski definition) is 7. The lowest BCUT2D eigenvalue weighted by molar-refractivity contribution is -0.132. The summed E-state index contributed by atoms with van der Waals surface area (Å²) in [5, 5.41) is 35.1. The van der Waals surface area contributed by atoms with Crippen LogP contribution in [-0.2, 0) is 36.9 Å². The molecule has 0 radical (unpaired) electrons. The van der Waals surface area contributed by atoms with Crippen LogP contribution in [0.2, 0.25) is 10.0 Å². The number of aliphatic hydroxyl groups is 2. The maximum absolute atomic E-state index is 13.2. The first kappa shape index (κ1) is 43.1. The molecule has 2 atom stereocenters. The Labute approximate surface area is 330 Å². The van der Waals surface area contributed by atoms with Crippen molar-refractivity contribution in [1.29, 1.82) is 0 Å². The molecule has 5 rings (SSSR count). The Morgan fingerprint density at radius 3 is 1.62 bits per heavy atom. The third-order valence-corrected chi connectivity index (χ3v) is 9.79. The molecule has 0 saturated carbocycles. The summed E-state index contributed by atoms with van der Waals surface area (Å²) in [5.41, 5.74) is 1.55. The van der Waals surface area contributed by atoms with E-state index in [0.717, 1.165) is 44.1 Å². The van der Waals surface area contributed by atoms with Crippen molar-refractivity contribution in [2.45, 2.75) is 84.2 Å². The van der Waals surface area contributed by atoms with Crippen LogP contribution >= 0.6 is 23.2 Å². The lowest BCUT2D eigenvalue weighted by atomic mass is 9.95. The summed E-state index contributed by atoms with van der Waals surface area (Å²) >= 11 is 12.4. The van der Waals surface area contributed by atoms with Gasteiger partial charge in [-0.25, -0.2) is 9.18 Å². The van der Waals surface area contributed by atoms with E-state index in [1.807, 2.05) is 4.90 Å². The van der Waals surface area contributed by atoms with Crippen molar-refractivity contribution >= 4 is 70.4 Å². The van der Waals surface area contributed by atoms with Gasteiger partial charge in [-0.05, 0) is 106 Å². The van der Waals surface area contributed by atoms with E-state index in [2.05, 4.69) is 15.5 Å². The number of piperazine rings is 1. The van der Waals surface area contributed by atoms with Gasteiger partial charge in [0.15, 0.2) is 0 Å². The fourth-order valence-electron chi connectivity index (χ4n) is 6.72. The molecule has 0 aliphatic carbocycles. The van der Waals surface area contributed by atoms with E-state index >= 15 is 0 Å². The second kappa shape index (κ2) is 17.9.